The van der Waals surface area contributed by atoms with Crippen LogP contribution in [0.5, 0.6) is 0 Å². The lowest BCUT2D eigenvalue weighted by atomic mass is 9.99. The molecule has 0 radical (unpaired) electrons. The first-order valence-electron chi connectivity index (χ1n) is 9.04. The Morgan fingerprint density at radius 1 is 1.37 bits per heavy atom. The van der Waals surface area contributed by atoms with Gasteiger partial charge in [-0.2, -0.15) is 14.6 Å². The van der Waals surface area contributed by atoms with E-state index in [9.17, 15) is 18.0 Å². The predicted octanol–water partition coefficient (Wildman–Crippen LogP) is 0.672. The molecule has 1 N–H and O–H groups in total. The number of amides is 3. The number of fused-ring (bicyclic) bond motifs is 1. The summed E-state index contributed by atoms with van der Waals surface area (Å²) in [5, 5.41) is 8.00. The van der Waals surface area contributed by atoms with Gasteiger partial charge in [0.25, 0.3) is 0 Å². The maximum Gasteiger partial charge on any atom is 0.502 e. The van der Waals surface area contributed by atoms with Gasteiger partial charge in [0.15, 0.2) is 6.54 Å². The van der Waals surface area contributed by atoms with E-state index in [2.05, 4.69) is 4.72 Å². The minimum absolute atomic E-state index is 0.171. The highest BCUT2D eigenvalue weighted by Crippen LogP contribution is 2.36. The minimum Gasteiger partial charge on any atom is -0.240 e. The first kappa shape index (κ1) is 18.1. The second-order valence-corrected chi connectivity index (χ2v) is 9.72. The molecule has 0 spiro atoms. The van der Waals surface area contributed by atoms with Crippen LogP contribution in [0, 0.1) is 17.2 Å². The van der Waals surface area contributed by atoms with Crippen LogP contribution in [0.4, 0.5) is 4.79 Å². The van der Waals surface area contributed by atoms with E-state index >= 15 is 0 Å². The van der Waals surface area contributed by atoms with Gasteiger partial charge in [-0.3, -0.25) is 0 Å². The van der Waals surface area contributed by atoms with Gasteiger partial charge >= 0.3 is 11.9 Å². The van der Waals surface area contributed by atoms with Crippen molar-refractivity contribution in [3.8, 4) is 6.07 Å². The molecule has 0 aromatic carbocycles. The third kappa shape index (κ3) is 3.35. The molecule has 8 nitrogen and oxygen atoms in total. The average molecular weight is 389 g/mol. The summed E-state index contributed by atoms with van der Waals surface area (Å²) in [6.07, 6.45) is 8.06. The monoisotopic (exact) mass is 389 g/mol. The number of allylic oxidation sites excluding steroid dienone is 1. The molecule has 0 aromatic heterocycles. The molecule has 3 aliphatic carbocycles. The lowest BCUT2D eigenvalue weighted by Crippen LogP contribution is -2.52. The number of sulfonamides is 1. The number of rotatable bonds is 6. The Bertz CT molecular complexity index is 962. The van der Waals surface area contributed by atoms with Crippen molar-refractivity contribution in [2.75, 3.05) is 13.1 Å². The molecule has 1 atom stereocenters. The van der Waals surface area contributed by atoms with Crippen molar-refractivity contribution in [1.82, 2.24) is 9.62 Å². The minimum atomic E-state index is -3.69. The van der Waals surface area contributed by atoms with Gasteiger partial charge in [-0.15, -0.1) is 4.90 Å². The molecule has 142 valence electrons. The summed E-state index contributed by atoms with van der Waals surface area (Å²) in [6, 6.07) is 1.32. The number of nitrogens with one attached hydrogen (secondary N) is 1. The van der Waals surface area contributed by atoms with Crippen LogP contribution in [0.2, 0.25) is 0 Å². The van der Waals surface area contributed by atoms with Crippen molar-refractivity contribution in [3.63, 3.8) is 0 Å². The first-order valence-corrected chi connectivity index (χ1v) is 10.6. The van der Waals surface area contributed by atoms with E-state index in [1.807, 2.05) is 13.0 Å². The fourth-order valence-corrected chi connectivity index (χ4v) is 4.95. The van der Waals surface area contributed by atoms with Crippen molar-refractivity contribution in [3.05, 3.63) is 23.8 Å². The van der Waals surface area contributed by atoms with Crippen LogP contribution < -0.4 is 4.72 Å². The number of urea groups is 1. The summed E-state index contributed by atoms with van der Waals surface area (Å²) >= 11 is 0. The lowest BCUT2D eigenvalue weighted by Gasteiger charge is -2.25. The number of imide groups is 1. The summed E-state index contributed by atoms with van der Waals surface area (Å²) in [5.74, 6) is -0.239. The Labute approximate surface area is 157 Å². The number of carbonyl (C=O) groups excluding carboxylic acids is 2. The maximum atomic E-state index is 12.8. The van der Waals surface area contributed by atoms with Crippen molar-refractivity contribution in [2.24, 2.45) is 5.92 Å². The average Bonchev–Trinajstić information content (AvgIpc) is 3.54. The maximum absolute atomic E-state index is 12.8. The van der Waals surface area contributed by atoms with E-state index in [4.69, 9.17) is 5.26 Å². The van der Waals surface area contributed by atoms with E-state index in [1.165, 1.54) is 16.7 Å². The third-order valence-corrected chi connectivity index (χ3v) is 7.18. The molecule has 1 unspecified atom stereocenters. The van der Waals surface area contributed by atoms with Crippen LogP contribution in [0.1, 0.15) is 32.6 Å². The number of nitriles is 1. The largest absolute Gasteiger partial charge is 0.502 e. The zero-order valence-corrected chi connectivity index (χ0v) is 15.8. The quantitative estimate of drug-likeness (QED) is 0.530. The summed E-state index contributed by atoms with van der Waals surface area (Å²) in [4.78, 5) is 26.3. The standard InChI is InChI=1S/C18H21N4O4S/c1-18(6-7-18)20-27(25,26)13-4-5-15-14(10-13)16(23)21(9-8-19)17(24)22(15)11-12-2-3-12/h4-5,10,12-13,20H,2-3,6-7,9,11H2,1H3/q+1. The van der Waals surface area contributed by atoms with Crippen molar-refractivity contribution < 1.29 is 22.6 Å². The van der Waals surface area contributed by atoms with Gasteiger partial charge in [-0.05, 0) is 50.7 Å². The summed E-state index contributed by atoms with van der Waals surface area (Å²) in [6.45, 7) is 1.96. The highest BCUT2D eigenvalue weighted by atomic mass is 32.2. The molecule has 0 bridgehead atoms. The van der Waals surface area contributed by atoms with Crippen LogP contribution in [-0.2, 0) is 14.8 Å². The van der Waals surface area contributed by atoms with Crippen LogP contribution in [-0.4, -0.2) is 59.4 Å². The molecule has 2 saturated carbocycles. The highest BCUT2D eigenvalue weighted by molar-refractivity contribution is 7.90. The second kappa shape index (κ2) is 6.11. The molecular formula is C18H21N4O4S+. The molecular weight excluding hydrogens is 368 g/mol. The Hall–Kier alpha value is -2.31. The fraction of sp³-hybridized carbons (Fsp3) is 0.556. The van der Waals surface area contributed by atoms with Crippen molar-refractivity contribution in [1.29, 1.82) is 5.26 Å². The normalized spacial score (nSPS) is 26.6. The smallest absolute Gasteiger partial charge is 0.240 e. The van der Waals surface area contributed by atoms with Crippen LogP contribution in [0.15, 0.2) is 23.8 Å². The SMILES string of the molecule is CC1(NS(=O)(=O)C2C=CC3=[N+](CC4CC4)C(=O)N(CC#N)C(=O)C3=C2)CC1. The third-order valence-electron chi connectivity index (χ3n) is 5.39. The lowest BCUT2D eigenvalue weighted by molar-refractivity contribution is -0.439. The predicted molar refractivity (Wildman–Crippen MR) is 96.3 cm³/mol. The van der Waals surface area contributed by atoms with Gasteiger partial charge in [0.1, 0.15) is 22.6 Å². The number of hydrogen-bond donors (Lipinski definition) is 1. The Balaban J connectivity index is 1.72. The molecule has 3 amide bonds. The molecule has 2 fully saturated rings. The molecule has 4 rings (SSSR count). The van der Waals surface area contributed by atoms with Crippen LogP contribution in [0.25, 0.3) is 0 Å². The van der Waals surface area contributed by atoms with E-state index in [-0.39, 0.29) is 12.1 Å². The summed E-state index contributed by atoms with van der Waals surface area (Å²) in [5.41, 5.74) is 0.187. The van der Waals surface area contributed by atoms with Crippen LogP contribution in [0.3, 0.4) is 0 Å². The van der Waals surface area contributed by atoms with E-state index in [0.717, 1.165) is 30.6 Å². The van der Waals surface area contributed by atoms with Gasteiger partial charge in [0.05, 0.1) is 6.54 Å². The molecule has 1 aliphatic heterocycles. The van der Waals surface area contributed by atoms with Crippen molar-refractivity contribution in [2.45, 2.75) is 43.4 Å². The Morgan fingerprint density at radius 2 is 2.07 bits per heavy atom. The zero-order valence-electron chi connectivity index (χ0n) is 15.0. The molecule has 1 heterocycles. The van der Waals surface area contributed by atoms with Gasteiger partial charge in [0, 0.05) is 5.54 Å². The highest BCUT2D eigenvalue weighted by Gasteiger charge is 2.48. The molecule has 4 aliphatic rings. The van der Waals surface area contributed by atoms with Gasteiger partial charge < -0.3 is 0 Å². The second-order valence-electron chi connectivity index (χ2n) is 7.88. The van der Waals surface area contributed by atoms with E-state index in [0.29, 0.717) is 18.2 Å². The molecule has 27 heavy (non-hydrogen) atoms. The number of carbonyl (C=O) groups is 2. The van der Waals surface area contributed by atoms with Crippen molar-refractivity contribution >= 4 is 27.7 Å². The number of nitrogens with zero attached hydrogens (tertiary/aromatic N) is 3. The van der Waals surface area contributed by atoms with Crippen LogP contribution >= 0.6 is 0 Å². The Morgan fingerprint density at radius 3 is 2.67 bits per heavy atom. The summed E-state index contributed by atoms with van der Waals surface area (Å²) in [7, 11) is -3.69. The topological polar surface area (TPSA) is 110 Å². The van der Waals surface area contributed by atoms with Gasteiger partial charge in [-0.25, -0.2) is 17.9 Å². The zero-order chi connectivity index (χ0) is 19.4. The first-order chi connectivity index (χ1) is 12.7. The molecule has 0 aromatic rings. The molecule has 9 heteroatoms. The summed E-state index contributed by atoms with van der Waals surface area (Å²) < 4.78 is 29.6. The van der Waals surface area contributed by atoms with E-state index < -0.39 is 32.8 Å². The van der Waals surface area contributed by atoms with Gasteiger partial charge in [0.2, 0.25) is 10.0 Å². The van der Waals surface area contributed by atoms with Gasteiger partial charge in [-0.1, -0.05) is 6.08 Å². The fourth-order valence-electron chi connectivity index (χ4n) is 3.32. The molecule has 0 saturated heterocycles. The number of hydrogen-bond acceptors (Lipinski definition) is 5. The Kier molecular flexibility index (Phi) is 4.09. The van der Waals surface area contributed by atoms with E-state index in [1.54, 1.807) is 6.08 Å².